The Morgan fingerprint density at radius 1 is 0.565 bits per heavy atom. The normalized spacial score (nSPS) is 11.5. The highest BCUT2D eigenvalue weighted by Gasteiger charge is 2.12. The summed E-state index contributed by atoms with van der Waals surface area (Å²) >= 11 is 0. The van der Waals surface area contributed by atoms with Gasteiger partial charge in [-0.3, -0.25) is 0 Å². The Kier molecular flexibility index (Phi) is 21.0. The van der Waals surface area contributed by atoms with Gasteiger partial charge in [0.15, 0.2) is 0 Å². The minimum Gasteiger partial charge on any atom is -0.312 e. The molecule has 2 heteroatoms. The predicted octanol–water partition coefficient (Wildman–Crippen LogP) is 7.82. The van der Waals surface area contributed by atoms with Gasteiger partial charge in [-0.05, 0) is 33.2 Å². The van der Waals surface area contributed by atoms with Crippen LogP contribution >= 0.6 is 17.0 Å². The van der Waals surface area contributed by atoms with Crippen molar-refractivity contribution in [3.63, 3.8) is 0 Å². The Labute approximate surface area is 158 Å². The zero-order valence-electron chi connectivity index (χ0n) is 16.7. The fourth-order valence-electron chi connectivity index (χ4n) is 2.87. The maximum atomic E-state index is 3.65. The number of halogens is 1. The van der Waals surface area contributed by atoms with Gasteiger partial charge < -0.3 is 5.32 Å². The summed E-state index contributed by atoms with van der Waals surface area (Å²) in [6.45, 7) is 10.4. The molecule has 0 saturated heterocycles. The fourth-order valence-corrected chi connectivity index (χ4v) is 2.87. The summed E-state index contributed by atoms with van der Waals surface area (Å²) in [5.74, 6) is 0. The van der Waals surface area contributed by atoms with Crippen molar-refractivity contribution >= 4 is 17.0 Å². The zero-order chi connectivity index (χ0) is 16.5. The van der Waals surface area contributed by atoms with Crippen LogP contribution in [0.5, 0.6) is 0 Å². The van der Waals surface area contributed by atoms with Gasteiger partial charge >= 0.3 is 0 Å². The smallest absolute Gasteiger partial charge is 0.0122 e. The van der Waals surface area contributed by atoms with Crippen LogP contribution in [-0.4, -0.2) is 12.1 Å². The summed E-state index contributed by atoms with van der Waals surface area (Å²) in [6, 6.07) is 0. The van der Waals surface area contributed by atoms with Gasteiger partial charge in [0, 0.05) is 5.54 Å². The van der Waals surface area contributed by atoms with Crippen LogP contribution in [0.4, 0.5) is 0 Å². The molecule has 0 unspecified atom stereocenters. The van der Waals surface area contributed by atoms with Crippen molar-refractivity contribution in [3.8, 4) is 0 Å². The molecule has 0 atom stereocenters. The second-order valence-corrected chi connectivity index (χ2v) is 7.76. The minimum absolute atomic E-state index is 0. The molecule has 0 bridgehead atoms. The van der Waals surface area contributed by atoms with Gasteiger partial charge in [-0.15, -0.1) is 17.0 Å². The number of rotatable bonds is 17. The summed E-state index contributed by atoms with van der Waals surface area (Å²) in [4.78, 5) is 0. The van der Waals surface area contributed by atoms with E-state index >= 15 is 0 Å². The quantitative estimate of drug-likeness (QED) is 0.249. The number of unbranched alkanes of at least 4 members (excludes halogenated alkanes) is 13. The van der Waals surface area contributed by atoms with Crippen LogP contribution in [0.3, 0.4) is 0 Å². The maximum absolute atomic E-state index is 3.65. The van der Waals surface area contributed by atoms with Crippen LogP contribution in [0.2, 0.25) is 0 Å². The van der Waals surface area contributed by atoms with Gasteiger partial charge in [0.25, 0.3) is 0 Å². The van der Waals surface area contributed by atoms with E-state index in [4.69, 9.17) is 0 Å². The first-order chi connectivity index (χ1) is 10.6. The van der Waals surface area contributed by atoms with Gasteiger partial charge in [0.2, 0.25) is 0 Å². The Morgan fingerprint density at radius 3 is 1.26 bits per heavy atom. The van der Waals surface area contributed by atoms with E-state index in [1.54, 1.807) is 0 Å². The van der Waals surface area contributed by atoms with Crippen LogP contribution < -0.4 is 5.32 Å². The van der Waals surface area contributed by atoms with Gasteiger partial charge in [-0.25, -0.2) is 0 Å². The molecule has 0 fully saturated rings. The molecule has 0 rings (SSSR count). The highest BCUT2D eigenvalue weighted by atomic mass is 79.9. The van der Waals surface area contributed by atoms with Crippen molar-refractivity contribution in [1.82, 2.24) is 5.32 Å². The molecule has 0 aliphatic rings. The van der Waals surface area contributed by atoms with Crippen LogP contribution in [-0.2, 0) is 0 Å². The van der Waals surface area contributed by atoms with E-state index in [2.05, 4.69) is 33.0 Å². The first-order valence-electron chi connectivity index (χ1n) is 10.4. The standard InChI is InChI=1S/C21H45N.BrH/c1-5-7-8-9-10-11-12-13-14-15-16-17-18-19-20-22-21(3,4)6-2;/h22H,5-20H2,1-4H3;1H. The van der Waals surface area contributed by atoms with Gasteiger partial charge in [-0.2, -0.15) is 0 Å². The first kappa shape index (κ1) is 25.7. The third-order valence-electron chi connectivity index (χ3n) is 5.02. The van der Waals surface area contributed by atoms with Gasteiger partial charge in [0.1, 0.15) is 0 Å². The summed E-state index contributed by atoms with van der Waals surface area (Å²) in [5, 5.41) is 3.65. The van der Waals surface area contributed by atoms with Gasteiger partial charge in [0.05, 0.1) is 0 Å². The lowest BCUT2D eigenvalue weighted by molar-refractivity contribution is 0.370. The zero-order valence-corrected chi connectivity index (χ0v) is 18.4. The molecule has 1 nitrogen and oxygen atoms in total. The number of nitrogens with one attached hydrogen (secondary N) is 1. The molecule has 0 aromatic carbocycles. The summed E-state index contributed by atoms with van der Waals surface area (Å²) < 4.78 is 0. The topological polar surface area (TPSA) is 12.0 Å². The van der Waals surface area contributed by atoms with Crippen molar-refractivity contribution in [2.24, 2.45) is 0 Å². The van der Waals surface area contributed by atoms with Crippen LogP contribution in [0.1, 0.15) is 124 Å². The van der Waals surface area contributed by atoms with E-state index < -0.39 is 0 Å². The molecule has 0 spiro atoms. The fraction of sp³-hybridized carbons (Fsp3) is 1.00. The molecule has 0 aliphatic heterocycles. The molecule has 0 heterocycles. The Hall–Kier alpha value is 0.440. The summed E-state index contributed by atoms with van der Waals surface area (Å²) in [6.07, 6.45) is 21.4. The monoisotopic (exact) mass is 391 g/mol. The molecule has 0 saturated carbocycles. The van der Waals surface area contributed by atoms with E-state index in [0.717, 1.165) is 0 Å². The molecule has 0 aromatic rings. The molecule has 1 N–H and O–H groups in total. The average molecular weight is 393 g/mol. The van der Waals surface area contributed by atoms with Crippen molar-refractivity contribution in [2.75, 3.05) is 6.54 Å². The van der Waals surface area contributed by atoms with Crippen LogP contribution in [0.15, 0.2) is 0 Å². The predicted molar refractivity (Wildman–Crippen MR) is 113 cm³/mol. The molecule has 0 aliphatic carbocycles. The Bertz CT molecular complexity index is 216. The molecule has 142 valence electrons. The summed E-state index contributed by atoms with van der Waals surface area (Å²) in [7, 11) is 0. The van der Waals surface area contributed by atoms with Gasteiger partial charge in [-0.1, -0.05) is 97.3 Å². The van der Waals surface area contributed by atoms with E-state index in [9.17, 15) is 0 Å². The van der Waals surface area contributed by atoms with Crippen molar-refractivity contribution in [1.29, 1.82) is 0 Å². The van der Waals surface area contributed by atoms with E-state index in [1.807, 2.05) is 0 Å². The van der Waals surface area contributed by atoms with Crippen molar-refractivity contribution in [2.45, 2.75) is 130 Å². The molecule has 0 radical (unpaired) electrons. The number of hydrogen-bond donors (Lipinski definition) is 1. The highest BCUT2D eigenvalue weighted by Crippen LogP contribution is 2.13. The van der Waals surface area contributed by atoms with Crippen LogP contribution in [0.25, 0.3) is 0 Å². The lowest BCUT2D eigenvalue weighted by atomic mass is 10.0. The molecule has 0 aromatic heterocycles. The second-order valence-electron chi connectivity index (χ2n) is 7.76. The van der Waals surface area contributed by atoms with Crippen molar-refractivity contribution < 1.29 is 0 Å². The van der Waals surface area contributed by atoms with E-state index in [0.29, 0.717) is 5.54 Å². The maximum Gasteiger partial charge on any atom is 0.0122 e. The lowest BCUT2D eigenvalue weighted by Gasteiger charge is -2.24. The SMILES string of the molecule is Br.CCCCCCCCCCCCCCCCNC(C)(C)CC. The highest BCUT2D eigenvalue weighted by molar-refractivity contribution is 8.93. The van der Waals surface area contributed by atoms with Crippen LogP contribution in [0, 0.1) is 0 Å². The second kappa shape index (κ2) is 18.8. The lowest BCUT2D eigenvalue weighted by Crippen LogP contribution is -2.38. The molecule has 23 heavy (non-hydrogen) atoms. The third kappa shape index (κ3) is 20.4. The van der Waals surface area contributed by atoms with E-state index in [-0.39, 0.29) is 17.0 Å². The van der Waals surface area contributed by atoms with Crippen molar-refractivity contribution in [3.05, 3.63) is 0 Å². The average Bonchev–Trinajstić information content (AvgIpc) is 2.51. The Balaban J connectivity index is 0. The number of hydrogen-bond acceptors (Lipinski definition) is 1. The van der Waals surface area contributed by atoms with E-state index in [1.165, 1.54) is 103 Å². The molecule has 0 amide bonds. The summed E-state index contributed by atoms with van der Waals surface area (Å²) in [5.41, 5.74) is 0.330. The minimum atomic E-state index is 0. The molecular weight excluding hydrogens is 346 g/mol. The largest absolute Gasteiger partial charge is 0.312 e. The first-order valence-corrected chi connectivity index (χ1v) is 10.4. The molecular formula is C21H46BrN. The third-order valence-corrected chi connectivity index (χ3v) is 5.02. The Morgan fingerprint density at radius 2 is 0.913 bits per heavy atom.